The number of carbonyl (C=O) groups excluding carboxylic acids is 1. The van der Waals surface area contributed by atoms with E-state index >= 15 is 0 Å². The quantitative estimate of drug-likeness (QED) is 0.827. The SMILES string of the molecule is Cc1ccc2c(c1)N(C(=O)Nc1ccc(F)c(Cl)c1)CC(C)O2. The summed E-state index contributed by atoms with van der Waals surface area (Å²) in [6.45, 7) is 4.28. The maximum atomic E-state index is 13.2. The Kier molecular flexibility index (Phi) is 4.13. The molecule has 2 aromatic carbocycles. The minimum Gasteiger partial charge on any atom is -0.487 e. The van der Waals surface area contributed by atoms with Crippen LogP contribution in [0.15, 0.2) is 36.4 Å². The van der Waals surface area contributed by atoms with Crippen molar-refractivity contribution in [2.75, 3.05) is 16.8 Å². The second kappa shape index (κ2) is 6.08. The van der Waals surface area contributed by atoms with Crippen molar-refractivity contribution < 1.29 is 13.9 Å². The van der Waals surface area contributed by atoms with Gasteiger partial charge in [0.15, 0.2) is 0 Å². The number of anilines is 2. The maximum Gasteiger partial charge on any atom is 0.326 e. The fraction of sp³-hybridized carbons (Fsp3) is 0.235. The second-order valence-electron chi connectivity index (χ2n) is 5.57. The van der Waals surface area contributed by atoms with Crippen LogP contribution in [0.4, 0.5) is 20.6 Å². The van der Waals surface area contributed by atoms with Crippen LogP contribution in [-0.2, 0) is 0 Å². The summed E-state index contributed by atoms with van der Waals surface area (Å²) < 4.78 is 19.0. The molecule has 0 saturated carbocycles. The van der Waals surface area contributed by atoms with Crippen molar-refractivity contribution in [2.24, 2.45) is 0 Å². The maximum absolute atomic E-state index is 13.2. The summed E-state index contributed by atoms with van der Waals surface area (Å²) in [6, 6.07) is 9.46. The molecular weight excluding hydrogens is 319 g/mol. The third-order valence-corrected chi connectivity index (χ3v) is 3.88. The number of hydrogen-bond donors (Lipinski definition) is 1. The van der Waals surface area contributed by atoms with Gasteiger partial charge in [-0.05, 0) is 49.7 Å². The number of aryl methyl sites for hydroxylation is 1. The molecule has 4 nitrogen and oxygen atoms in total. The third-order valence-electron chi connectivity index (χ3n) is 3.59. The standard InChI is InChI=1S/C17H16ClFN2O2/c1-10-3-6-16-15(7-10)21(9-11(2)23-16)17(22)20-12-4-5-14(19)13(18)8-12/h3-8,11H,9H2,1-2H3,(H,20,22). The average molecular weight is 335 g/mol. The number of fused-ring (bicyclic) bond motifs is 1. The lowest BCUT2D eigenvalue weighted by Crippen LogP contribution is -2.44. The Labute approximate surface area is 138 Å². The monoisotopic (exact) mass is 334 g/mol. The zero-order valence-electron chi connectivity index (χ0n) is 12.8. The van der Waals surface area contributed by atoms with Crippen molar-refractivity contribution in [1.82, 2.24) is 0 Å². The lowest BCUT2D eigenvalue weighted by atomic mass is 10.1. The normalized spacial score (nSPS) is 16.5. The molecule has 0 spiro atoms. The van der Waals surface area contributed by atoms with Gasteiger partial charge in [0.05, 0.1) is 17.3 Å². The highest BCUT2D eigenvalue weighted by Crippen LogP contribution is 2.34. The van der Waals surface area contributed by atoms with Crippen LogP contribution >= 0.6 is 11.6 Å². The van der Waals surface area contributed by atoms with Gasteiger partial charge in [-0.2, -0.15) is 0 Å². The topological polar surface area (TPSA) is 41.6 Å². The molecule has 2 amide bonds. The first-order valence-corrected chi connectivity index (χ1v) is 7.62. The number of rotatable bonds is 1. The van der Waals surface area contributed by atoms with Gasteiger partial charge >= 0.3 is 6.03 Å². The van der Waals surface area contributed by atoms with E-state index in [4.69, 9.17) is 16.3 Å². The molecule has 1 unspecified atom stereocenters. The molecule has 0 saturated heterocycles. The molecule has 1 atom stereocenters. The summed E-state index contributed by atoms with van der Waals surface area (Å²) in [7, 11) is 0. The number of nitrogens with zero attached hydrogens (tertiary/aromatic N) is 1. The van der Waals surface area contributed by atoms with Crippen LogP contribution in [0.2, 0.25) is 5.02 Å². The van der Waals surface area contributed by atoms with Gasteiger partial charge in [-0.15, -0.1) is 0 Å². The summed E-state index contributed by atoms with van der Waals surface area (Å²) in [5, 5.41) is 2.71. The van der Waals surface area contributed by atoms with Gasteiger partial charge in [0.25, 0.3) is 0 Å². The molecule has 0 radical (unpaired) electrons. The molecule has 0 fully saturated rings. The van der Waals surface area contributed by atoms with E-state index in [1.807, 2.05) is 32.0 Å². The van der Waals surface area contributed by atoms with Crippen molar-refractivity contribution in [3.8, 4) is 5.75 Å². The average Bonchev–Trinajstić information content (AvgIpc) is 2.50. The van der Waals surface area contributed by atoms with Crippen LogP contribution in [0, 0.1) is 12.7 Å². The molecule has 0 bridgehead atoms. The van der Waals surface area contributed by atoms with Gasteiger partial charge in [-0.1, -0.05) is 17.7 Å². The van der Waals surface area contributed by atoms with Gasteiger partial charge in [0, 0.05) is 5.69 Å². The lowest BCUT2D eigenvalue weighted by Gasteiger charge is -2.33. The highest BCUT2D eigenvalue weighted by Gasteiger charge is 2.27. The first kappa shape index (κ1) is 15.6. The Bertz CT molecular complexity index is 766. The molecule has 120 valence electrons. The van der Waals surface area contributed by atoms with Gasteiger partial charge in [0.2, 0.25) is 0 Å². The Morgan fingerprint density at radius 2 is 2.13 bits per heavy atom. The minimum atomic E-state index is -0.523. The first-order chi connectivity index (χ1) is 10.9. The molecule has 6 heteroatoms. The number of carbonyl (C=O) groups is 1. The van der Waals surface area contributed by atoms with Crippen LogP contribution in [0.1, 0.15) is 12.5 Å². The van der Waals surface area contributed by atoms with Crippen LogP contribution in [0.25, 0.3) is 0 Å². The molecule has 2 aromatic rings. The van der Waals surface area contributed by atoms with E-state index in [1.54, 1.807) is 4.90 Å². The van der Waals surface area contributed by atoms with E-state index in [9.17, 15) is 9.18 Å². The number of urea groups is 1. The molecule has 1 N–H and O–H groups in total. The van der Waals surface area contributed by atoms with Crippen molar-refractivity contribution >= 4 is 29.0 Å². The van der Waals surface area contributed by atoms with E-state index in [0.29, 0.717) is 23.7 Å². The summed E-state index contributed by atoms with van der Waals surface area (Å²) in [5.74, 6) is 0.146. The fourth-order valence-corrected chi connectivity index (χ4v) is 2.69. The number of benzene rings is 2. The van der Waals surface area contributed by atoms with Gasteiger partial charge in [0.1, 0.15) is 17.7 Å². The van der Waals surface area contributed by atoms with Crippen molar-refractivity contribution in [3.05, 3.63) is 52.8 Å². The van der Waals surface area contributed by atoms with Crippen LogP contribution in [-0.4, -0.2) is 18.7 Å². The summed E-state index contributed by atoms with van der Waals surface area (Å²) >= 11 is 5.75. The second-order valence-corrected chi connectivity index (χ2v) is 5.98. The molecule has 1 aliphatic rings. The Morgan fingerprint density at radius 3 is 2.87 bits per heavy atom. The van der Waals surface area contributed by atoms with E-state index < -0.39 is 5.82 Å². The van der Waals surface area contributed by atoms with Gasteiger partial charge in [-0.25, -0.2) is 9.18 Å². The zero-order chi connectivity index (χ0) is 16.6. The number of ether oxygens (including phenoxy) is 1. The van der Waals surface area contributed by atoms with Crippen LogP contribution in [0.3, 0.4) is 0 Å². The number of nitrogens with one attached hydrogen (secondary N) is 1. The molecule has 23 heavy (non-hydrogen) atoms. The van der Waals surface area contributed by atoms with Gasteiger partial charge in [-0.3, -0.25) is 4.90 Å². The highest BCUT2D eigenvalue weighted by atomic mass is 35.5. The van der Waals surface area contributed by atoms with Crippen LogP contribution < -0.4 is 15.0 Å². The number of halogens is 2. The van der Waals surface area contributed by atoms with E-state index in [0.717, 1.165) is 5.56 Å². The van der Waals surface area contributed by atoms with E-state index in [1.165, 1.54) is 18.2 Å². The number of amides is 2. The molecule has 1 aliphatic heterocycles. The predicted molar refractivity (Wildman–Crippen MR) is 89.0 cm³/mol. The van der Waals surface area contributed by atoms with Gasteiger partial charge < -0.3 is 10.1 Å². The zero-order valence-corrected chi connectivity index (χ0v) is 13.5. The van der Waals surface area contributed by atoms with Crippen LogP contribution in [0.5, 0.6) is 5.75 Å². The molecule has 0 aliphatic carbocycles. The molecule has 1 heterocycles. The Balaban J connectivity index is 1.87. The summed E-state index contributed by atoms with van der Waals surface area (Å²) in [5.41, 5.74) is 2.19. The highest BCUT2D eigenvalue weighted by molar-refractivity contribution is 6.31. The Hall–Kier alpha value is -2.27. The van der Waals surface area contributed by atoms with E-state index in [2.05, 4.69) is 5.32 Å². The van der Waals surface area contributed by atoms with Crippen molar-refractivity contribution in [3.63, 3.8) is 0 Å². The van der Waals surface area contributed by atoms with E-state index in [-0.39, 0.29) is 17.2 Å². The lowest BCUT2D eigenvalue weighted by molar-refractivity contribution is 0.208. The van der Waals surface area contributed by atoms with Crippen molar-refractivity contribution in [1.29, 1.82) is 0 Å². The molecular formula is C17H16ClFN2O2. The smallest absolute Gasteiger partial charge is 0.326 e. The summed E-state index contributed by atoms with van der Waals surface area (Å²) in [4.78, 5) is 14.2. The van der Waals surface area contributed by atoms with Crippen molar-refractivity contribution in [2.45, 2.75) is 20.0 Å². The summed E-state index contributed by atoms with van der Waals surface area (Å²) in [6.07, 6.45) is -0.118. The first-order valence-electron chi connectivity index (χ1n) is 7.25. The fourth-order valence-electron chi connectivity index (χ4n) is 2.50. The largest absolute Gasteiger partial charge is 0.487 e. The number of hydrogen-bond acceptors (Lipinski definition) is 2. The predicted octanol–water partition coefficient (Wildman–Crippen LogP) is 4.61. The Morgan fingerprint density at radius 1 is 1.35 bits per heavy atom. The third kappa shape index (κ3) is 3.24. The molecule has 3 rings (SSSR count). The minimum absolute atomic E-state index is 0.0330. The molecule has 0 aromatic heterocycles.